The molecule has 0 amide bonds. The summed E-state index contributed by atoms with van der Waals surface area (Å²) in [6.45, 7) is 3.09. The molecule has 2 aliphatic rings. The average molecular weight is 286 g/mol. The molecular formula is C11H16BrN3O. The molecule has 16 heavy (non-hydrogen) atoms. The quantitative estimate of drug-likeness (QED) is 0.823. The van der Waals surface area contributed by atoms with Crippen LogP contribution in [0.2, 0.25) is 0 Å². The van der Waals surface area contributed by atoms with E-state index in [4.69, 9.17) is 0 Å². The maximum Gasteiger partial charge on any atom is 0.130 e. The monoisotopic (exact) mass is 285 g/mol. The van der Waals surface area contributed by atoms with E-state index >= 15 is 0 Å². The highest BCUT2D eigenvalue weighted by Crippen LogP contribution is 2.35. The molecule has 2 atom stereocenters. The van der Waals surface area contributed by atoms with E-state index in [1.54, 1.807) is 0 Å². The zero-order chi connectivity index (χ0) is 11.1. The van der Waals surface area contributed by atoms with E-state index in [1.807, 2.05) is 0 Å². The summed E-state index contributed by atoms with van der Waals surface area (Å²) in [4.78, 5) is 4.60. The third kappa shape index (κ3) is 1.61. The molecule has 88 valence electrons. The van der Waals surface area contributed by atoms with Crippen molar-refractivity contribution >= 4 is 15.9 Å². The molecule has 0 saturated carbocycles. The van der Waals surface area contributed by atoms with Gasteiger partial charge in [-0.1, -0.05) is 0 Å². The summed E-state index contributed by atoms with van der Waals surface area (Å²) in [6, 6.07) is 0. The lowest BCUT2D eigenvalue weighted by molar-refractivity contribution is 0.137. The Bertz CT molecular complexity index is 398. The number of imidazole rings is 1. The van der Waals surface area contributed by atoms with Crippen LogP contribution in [0.4, 0.5) is 0 Å². The number of aromatic nitrogens is 2. The second kappa shape index (κ2) is 4.13. The van der Waals surface area contributed by atoms with Crippen molar-refractivity contribution < 1.29 is 5.11 Å². The van der Waals surface area contributed by atoms with Crippen LogP contribution in [0.3, 0.4) is 0 Å². The lowest BCUT2D eigenvalue weighted by Crippen LogP contribution is -2.19. The normalized spacial score (nSPS) is 29.4. The van der Waals surface area contributed by atoms with Gasteiger partial charge in [0, 0.05) is 19.0 Å². The molecule has 0 aliphatic carbocycles. The van der Waals surface area contributed by atoms with Gasteiger partial charge in [0.25, 0.3) is 0 Å². The van der Waals surface area contributed by atoms with Crippen molar-refractivity contribution in [2.45, 2.75) is 37.8 Å². The maximum absolute atomic E-state index is 9.99. The fourth-order valence-electron chi connectivity index (χ4n) is 2.77. The Kier molecular flexibility index (Phi) is 2.77. The van der Waals surface area contributed by atoms with Crippen LogP contribution in [-0.2, 0) is 6.54 Å². The molecule has 4 nitrogen and oxygen atoms in total. The van der Waals surface area contributed by atoms with Crippen molar-refractivity contribution in [3.05, 3.63) is 16.1 Å². The number of hydrogen-bond donors (Lipinski definition) is 2. The predicted molar refractivity (Wildman–Crippen MR) is 64.3 cm³/mol. The Balaban J connectivity index is 2.02. The summed E-state index contributed by atoms with van der Waals surface area (Å²) in [5.74, 6) is 1.65. The van der Waals surface area contributed by atoms with Gasteiger partial charge in [-0.25, -0.2) is 4.98 Å². The molecule has 2 N–H and O–H groups in total. The van der Waals surface area contributed by atoms with E-state index in [0.717, 1.165) is 55.0 Å². The van der Waals surface area contributed by atoms with Crippen LogP contribution in [0.25, 0.3) is 0 Å². The number of fused-ring (bicyclic) bond motifs is 1. The van der Waals surface area contributed by atoms with Crippen molar-refractivity contribution in [2.75, 3.05) is 13.1 Å². The van der Waals surface area contributed by atoms with E-state index in [2.05, 4.69) is 30.8 Å². The third-order valence-electron chi connectivity index (χ3n) is 3.59. The average Bonchev–Trinajstić information content (AvgIpc) is 2.86. The summed E-state index contributed by atoms with van der Waals surface area (Å²) in [6.07, 6.45) is 2.70. The molecule has 0 spiro atoms. The van der Waals surface area contributed by atoms with Crippen LogP contribution in [0.1, 0.15) is 42.8 Å². The first-order chi connectivity index (χ1) is 7.77. The van der Waals surface area contributed by atoms with E-state index in [1.165, 1.54) is 0 Å². The summed E-state index contributed by atoms with van der Waals surface area (Å²) >= 11 is 3.48. The third-order valence-corrected chi connectivity index (χ3v) is 4.18. The second-order valence-electron chi connectivity index (χ2n) is 4.65. The van der Waals surface area contributed by atoms with E-state index in [-0.39, 0.29) is 6.10 Å². The predicted octanol–water partition coefficient (Wildman–Crippen LogP) is 1.55. The van der Waals surface area contributed by atoms with Gasteiger partial charge in [0.2, 0.25) is 0 Å². The minimum absolute atomic E-state index is 0.348. The minimum atomic E-state index is -0.348. The number of hydrogen-bond acceptors (Lipinski definition) is 3. The highest BCUT2D eigenvalue weighted by Gasteiger charge is 2.29. The van der Waals surface area contributed by atoms with Crippen LogP contribution in [0.5, 0.6) is 0 Å². The fraction of sp³-hybridized carbons (Fsp3) is 0.727. The van der Waals surface area contributed by atoms with Crippen LogP contribution >= 0.6 is 15.9 Å². The van der Waals surface area contributed by atoms with Crippen LogP contribution in [-0.4, -0.2) is 27.7 Å². The highest BCUT2D eigenvalue weighted by molar-refractivity contribution is 9.10. The zero-order valence-corrected chi connectivity index (χ0v) is 10.7. The van der Waals surface area contributed by atoms with Gasteiger partial charge in [0.1, 0.15) is 10.4 Å². The van der Waals surface area contributed by atoms with Gasteiger partial charge in [-0.2, -0.15) is 0 Å². The Morgan fingerprint density at radius 2 is 2.31 bits per heavy atom. The molecule has 0 bridgehead atoms. The largest absolute Gasteiger partial charge is 0.387 e. The van der Waals surface area contributed by atoms with E-state index in [0.29, 0.717) is 5.92 Å². The van der Waals surface area contributed by atoms with Gasteiger partial charge in [0.15, 0.2) is 0 Å². The number of aliphatic hydroxyl groups is 1. The van der Waals surface area contributed by atoms with Crippen LogP contribution < -0.4 is 5.32 Å². The molecule has 3 heterocycles. The molecule has 0 aromatic carbocycles. The zero-order valence-electron chi connectivity index (χ0n) is 9.12. The molecule has 1 saturated heterocycles. The summed E-state index contributed by atoms with van der Waals surface area (Å²) in [5.41, 5.74) is 0.980. The number of rotatable bonds is 1. The molecule has 5 heteroatoms. The van der Waals surface area contributed by atoms with Crippen molar-refractivity contribution in [2.24, 2.45) is 0 Å². The van der Waals surface area contributed by atoms with Crippen molar-refractivity contribution in [1.29, 1.82) is 0 Å². The van der Waals surface area contributed by atoms with Gasteiger partial charge in [-0.15, -0.1) is 0 Å². The number of halogens is 1. The number of aliphatic hydroxyl groups excluding tert-OH is 1. The molecule has 2 unspecified atom stereocenters. The first-order valence-electron chi connectivity index (χ1n) is 5.92. The van der Waals surface area contributed by atoms with Crippen LogP contribution in [0.15, 0.2) is 4.60 Å². The Hall–Kier alpha value is -0.390. The summed E-state index contributed by atoms with van der Waals surface area (Å²) in [5, 5.41) is 13.4. The Morgan fingerprint density at radius 1 is 1.44 bits per heavy atom. The minimum Gasteiger partial charge on any atom is -0.387 e. The Labute approximate surface area is 103 Å². The van der Waals surface area contributed by atoms with Gasteiger partial charge in [-0.05, 0) is 41.7 Å². The molecule has 2 aliphatic heterocycles. The summed E-state index contributed by atoms with van der Waals surface area (Å²) < 4.78 is 3.05. The first kappa shape index (κ1) is 10.7. The lowest BCUT2D eigenvalue weighted by Gasteiger charge is -2.22. The number of nitrogens with zero attached hydrogens (tertiary/aromatic N) is 2. The second-order valence-corrected chi connectivity index (χ2v) is 5.40. The highest BCUT2D eigenvalue weighted by atomic mass is 79.9. The summed E-state index contributed by atoms with van der Waals surface area (Å²) in [7, 11) is 0. The Morgan fingerprint density at radius 3 is 3.06 bits per heavy atom. The topological polar surface area (TPSA) is 50.1 Å². The van der Waals surface area contributed by atoms with Gasteiger partial charge >= 0.3 is 0 Å². The SMILES string of the molecule is OC1CCCn2c(C3CCNC3)nc(Br)c21. The van der Waals surface area contributed by atoms with Gasteiger partial charge in [0.05, 0.1) is 11.8 Å². The van der Waals surface area contributed by atoms with Gasteiger partial charge in [-0.3, -0.25) is 0 Å². The molecule has 3 rings (SSSR count). The molecular weight excluding hydrogens is 270 g/mol. The number of nitrogens with one attached hydrogen (secondary N) is 1. The maximum atomic E-state index is 9.99. The van der Waals surface area contributed by atoms with Gasteiger partial charge < -0.3 is 15.0 Å². The first-order valence-corrected chi connectivity index (χ1v) is 6.71. The molecule has 0 radical (unpaired) electrons. The lowest BCUT2D eigenvalue weighted by atomic mass is 10.1. The van der Waals surface area contributed by atoms with Crippen LogP contribution in [0, 0.1) is 0 Å². The van der Waals surface area contributed by atoms with Crippen molar-refractivity contribution in [1.82, 2.24) is 14.9 Å². The fourth-order valence-corrected chi connectivity index (χ4v) is 3.43. The van der Waals surface area contributed by atoms with E-state index < -0.39 is 0 Å². The smallest absolute Gasteiger partial charge is 0.130 e. The molecule has 1 aromatic heterocycles. The standard InChI is InChI=1S/C11H16BrN3O/c12-10-9-8(16)2-1-5-15(9)11(14-10)7-3-4-13-6-7/h7-8,13,16H,1-6H2. The van der Waals surface area contributed by atoms with Crippen molar-refractivity contribution in [3.63, 3.8) is 0 Å². The molecule has 1 aromatic rings. The molecule has 1 fully saturated rings. The van der Waals surface area contributed by atoms with E-state index in [9.17, 15) is 5.11 Å². The van der Waals surface area contributed by atoms with Crippen molar-refractivity contribution in [3.8, 4) is 0 Å².